The van der Waals surface area contributed by atoms with Gasteiger partial charge in [0.1, 0.15) is 10.7 Å². The van der Waals surface area contributed by atoms with E-state index in [1.54, 1.807) is 0 Å². The van der Waals surface area contributed by atoms with Crippen LogP contribution in [-0.4, -0.2) is 22.9 Å². The van der Waals surface area contributed by atoms with Gasteiger partial charge in [0, 0.05) is 6.04 Å². The molecule has 1 saturated carbocycles. The molecule has 6 nitrogen and oxygen atoms in total. The van der Waals surface area contributed by atoms with E-state index >= 15 is 0 Å². The van der Waals surface area contributed by atoms with Gasteiger partial charge in [0.25, 0.3) is 0 Å². The van der Waals surface area contributed by atoms with Crippen LogP contribution >= 0.6 is 0 Å². The smallest absolute Gasteiger partial charge is 0.225 e. The van der Waals surface area contributed by atoms with Gasteiger partial charge in [0.05, 0.1) is 4.90 Å². The molecule has 9 heteroatoms. The van der Waals surface area contributed by atoms with Crippen molar-refractivity contribution >= 4 is 20.0 Å². The molecule has 1 aliphatic carbocycles. The summed E-state index contributed by atoms with van der Waals surface area (Å²) in [6.07, 6.45) is 4.36. The lowest BCUT2D eigenvalue weighted by Crippen LogP contribution is -2.36. The topological polar surface area (TPSA) is 106 Å². The van der Waals surface area contributed by atoms with Gasteiger partial charge in [0.15, 0.2) is 0 Å². The van der Waals surface area contributed by atoms with Gasteiger partial charge < -0.3 is 0 Å². The van der Waals surface area contributed by atoms with Gasteiger partial charge in [-0.25, -0.2) is 31.1 Å². The van der Waals surface area contributed by atoms with Crippen LogP contribution in [0.15, 0.2) is 28.0 Å². The maximum absolute atomic E-state index is 13.9. The Kier molecular flexibility index (Phi) is 4.66. The summed E-state index contributed by atoms with van der Waals surface area (Å²) in [5, 5.41) is 4.87. The lowest BCUT2D eigenvalue weighted by molar-refractivity contribution is 0.411. The molecule has 0 spiro atoms. The predicted molar refractivity (Wildman–Crippen MR) is 75.0 cm³/mol. The Balaban J connectivity index is 2.28. The molecule has 0 aliphatic heterocycles. The highest BCUT2D eigenvalue weighted by Gasteiger charge is 2.25. The number of nitrogens with one attached hydrogen (secondary N) is 1. The standard InChI is InChI=1S/C12H17FN2O4S2/c13-11-8-10(20(14,16)17)6-7-12(11)21(18,19)15-9-4-2-1-3-5-9/h6-9,15H,1-5H2,(H2,14,16,17). The molecular formula is C12H17FN2O4S2. The van der Waals surface area contributed by atoms with E-state index in [2.05, 4.69) is 4.72 Å². The van der Waals surface area contributed by atoms with Crippen LogP contribution in [0.1, 0.15) is 32.1 Å². The fraction of sp³-hybridized carbons (Fsp3) is 0.500. The van der Waals surface area contributed by atoms with Crippen molar-refractivity contribution in [3.05, 3.63) is 24.0 Å². The van der Waals surface area contributed by atoms with Crippen LogP contribution in [0.5, 0.6) is 0 Å². The van der Waals surface area contributed by atoms with Gasteiger partial charge in [0.2, 0.25) is 20.0 Å². The molecular weight excluding hydrogens is 319 g/mol. The third kappa shape index (κ3) is 4.00. The zero-order valence-corrected chi connectivity index (χ0v) is 12.9. The fourth-order valence-electron chi connectivity index (χ4n) is 2.38. The lowest BCUT2D eigenvalue weighted by atomic mass is 9.96. The maximum Gasteiger partial charge on any atom is 0.243 e. The molecule has 1 aliphatic rings. The largest absolute Gasteiger partial charge is 0.243 e. The molecule has 1 aromatic rings. The Bertz CT molecular complexity index is 726. The van der Waals surface area contributed by atoms with Crippen molar-refractivity contribution in [1.29, 1.82) is 0 Å². The third-order valence-electron chi connectivity index (χ3n) is 3.45. The first-order valence-electron chi connectivity index (χ1n) is 6.55. The first kappa shape index (κ1) is 16.3. The Morgan fingerprint density at radius 1 is 1.10 bits per heavy atom. The molecule has 3 N–H and O–H groups in total. The molecule has 21 heavy (non-hydrogen) atoms. The minimum atomic E-state index is -4.07. The van der Waals surface area contributed by atoms with E-state index in [0.717, 1.165) is 44.2 Å². The number of sulfonamides is 2. The second-order valence-corrected chi connectivity index (χ2v) is 8.34. The molecule has 118 valence electrons. The Hall–Kier alpha value is -1.03. The molecule has 0 amide bonds. The average molecular weight is 336 g/mol. The molecule has 0 saturated heterocycles. The summed E-state index contributed by atoms with van der Waals surface area (Å²) in [6.45, 7) is 0. The molecule has 0 aromatic heterocycles. The highest BCUT2D eigenvalue weighted by Crippen LogP contribution is 2.22. The normalized spacial score (nSPS) is 17.8. The maximum atomic E-state index is 13.9. The van der Waals surface area contributed by atoms with E-state index < -0.39 is 35.7 Å². The zero-order valence-electron chi connectivity index (χ0n) is 11.2. The number of benzene rings is 1. The summed E-state index contributed by atoms with van der Waals surface area (Å²) in [5.74, 6) is -1.13. The SMILES string of the molecule is NS(=O)(=O)c1ccc(S(=O)(=O)NC2CCCCC2)c(F)c1. The summed E-state index contributed by atoms with van der Waals surface area (Å²) < 4.78 is 62.9. The van der Waals surface area contributed by atoms with Crippen LogP contribution in [0.4, 0.5) is 4.39 Å². The quantitative estimate of drug-likeness (QED) is 0.858. The first-order valence-corrected chi connectivity index (χ1v) is 9.58. The van der Waals surface area contributed by atoms with Crippen molar-refractivity contribution in [3.63, 3.8) is 0 Å². The van der Waals surface area contributed by atoms with Crippen molar-refractivity contribution in [2.75, 3.05) is 0 Å². The van der Waals surface area contributed by atoms with Crippen molar-refractivity contribution in [1.82, 2.24) is 4.72 Å². The van der Waals surface area contributed by atoms with E-state index in [1.165, 1.54) is 0 Å². The summed E-state index contributed by atoms with van der Waals surface area (Å²) >= 11 is 0. The van der Waals surface area contributed by atoms with Gasteiger partial charge in [-0.1, -0.05) is 19.3 Å². The van der Waals surface area contributed by atoms with Crippen LogP contribution < -0.4 is 9.86 Å². The Morgan fingerprint density at radius 2 is 1.71 bits per heavy atom. The van der Waals surface area contributed by atoms with E-state index in [-0.39, 0.29) is 6.04 Å². The van der Waals surface area contributed by atoms with E-state index in [1.807, 2.05) is 0 Å². The number of rotatable bonds is 4. The highest BCUT2D eigenvalue weighted by molar-refractivity contribution is 7.89. The Labute approximate surface area is 123 Å². The molecule has 0 heterocycles. The molecule has 0 bridgehead atoms. The van der Waals surface area contributed by atoms with E-state index in [4.69, 9.17) is 5.14 Å². The minimum absolute atomic E-state index is 0.207. The Morgan fingerprint density at radius 3 is 2.24 bits per heavy atom. The fourth-order valence-corrected chi connectivity index (χ4v) is 4.27. The van der Waals surface area contributed by atoms with Gasteiger partial charge >= 0.3 is 0 Å². The average Bonchev–Trinajstić information content (AvgIpc) is 2.37. The monoisotopic (exact) mass is 336 g/mol. The van der Waals surface area contributed by atoms with Crippen molar-refractivity contribution in [2.45, 2.75) is 47.9 Å². The highest BCUT2D eigenvalue weighted by atomic mass is 32.2. The van der Waals surface area contributed by atoms with E-state index in [0.29, 0.717) is 6.07 Å². The van der Waals surface area contributed by atoms with Crippen molar-refractivity contribution in [2.24, 2.45) is 5.14 Å². The molecule has 0 atom stereocenters. The first-order chi connectivity index (χ1) is 9.70. The van der Waals surface area contributed by atoms with Gasteiger partial charge in [-0.15, -0.1) is 0 Å². The van der Waals surface area contributed by atoms with Gasteiger partial charge in [-0.2, -0.15) is 0 Å². The minimum Gasteiger partial charge on any atom is -0.225 e. The van der Waals surface area contributed by atoms with Crippen LogP contribution in [0, 0.1) is 5.82 Å². The molecule has 1 aromatic carbocycles. The summed E-state index contributed by atoms with van der Waals surface area (Å²) in [7, 11) is -8.08. The number of nitrogens with two attached hydrogens (primary N) is 1. The molecule has 2 rings (SSSR count). The van der Waals surface area contributed by atoms with Crippen LogP contribution in [0.25, 0.3) is 0 Å². The van der Waals surface area contributed by atoms with E-state index in [9.17, 15) is 21.2 Å². The van der Waals surface area contributed by atoms with Crippen molar-refractivity contribution in [3.8, 4) is 0 Å². The number of primary sulfonamides is 1. The zero-order chi connectivity index (χ0) is 15.7. The number of halogens is 1. The van der Waals surface area contributed by atoms with Crippen LogP contribution in [0.2, 0.25) is 0 Å². The van der Waals surface area contributed by atoms with Crippen LogP contribution in [0.3, 0.4) is 0 Å². The van der Waals surface area contributed by atoms with Crippen molar-refractivity contribution < 1.29 is 21.2 Å². The third-order valence-corrected chi connectivity index (χ3v) is 5.91. The summed E-state index contributed by atoms with van der Waals surface area (Å²) in [6, 6.07) is 2.31. The van der Waals surface area contributed by atoms with Gasteiger partial charge in [-0.05, 0) is 31.0 Å². The summed E-state index contributed by atoms with van der Waals surface area (Å²) in [5.41, 5.74) is 0. The molecule has 0 radical (unpaired) electrons. The number of hydrogen-bond acceptors (Lipinski definition) is 4. The van der Waals surface area contributed by atoms with Gasteiger partial charge in [-0.3, -0.25) is 0 Å². The molecule has 0 unspecified atom stereocenters. The second kappa shape index (κ2) is 5.99. The second-order valence-electron chi connectivity index (χ2n) is 5.09. The lowest BCUT2D eigenvalue weighted by Gasteiger charge is -2.22. The predicted octanol–water partition coefficient (Wildman–Crippen LogP) is 1.08. The summed E-state index contributed by atoms with van der Waals surface area (Å²) in [4.78, 5) is -1.03. The molecule has 1 fully saturated rings. The van der Waals surface area contributed by atoms with Crippen LogP contribution in [-0.2, 0) is 20.0 Å². The number of hydrogen-bond donors (Lipinski definition) is 2.